The lowest BCUT2D eigenvalue weighted by molar-refractivity contribution is -0.137. The molecule has 57 heavy (non-hydrogen) atoms. The van der Waals surface area contributed by atoms with Crippen molar-refractivity contribution in [1.29, 1.82) is 0 Å². The number of aliphatic hydroxyl groups excluding tert-OH is 1. The molecule has 3 N–H and O–H groups in total. The van der Waals surface area contributed by atoms with Gasteiger partial charge < -0.3 is 49.3 Å². The first-order chi connectivity index (χ1) is 27.6. The number of anilines is 3. The van der Waals surface area contributed by atoms with Crippen molar-refractivity contribution in [2.45, 2.75) is 51.8 Å². The maximum atomic E-state index is 13.4. The van der Waals surface area contributed by atoms with Gasteiger partial charge >= 0.3 is 5.97 Å². The highest BCUT2D eigenvalue weighted by Gasteiger charge is 2.29. The molecule has 2 atom stereocenters. The van der Waals surface area contributed by atoms with E-state index in [9.17, 15) is 19.5 Å². The molecule has 2 amide bonds. The van der Waals surface area contributed by atoms with Crippen LogP contribution < -0.4 is 15.1 Å². The number of aliphatic hydroxyl groups is 1. The molecule has 2 aliphatic rings. The van der Waals surface area contributed by atoms with Crippen molar-refractivity contribution in [3.63, 3.8) is 0 Å². The molecule has 0 saturated carbocycles. The Hall–Kier alpha value is -5.50. The quantitative estimate of drug-likeness (QED) is 0.0762. The molecule has 3 aromatic heterocycles. The van der Waals surface area contributed by atoms with Crippen molar-refractivity contribution in [3.05, 3.63) is 23.8 Å². The summed E-state index contributed by atoms with van der Waals surface area (Å²) in [5, 5.41) is 38.0. The summed E-state index contributed by atoms with van der Waals surface area (Å²) in [6.07, 6.45) is 8.43. The maximum Gasteiger partial charge on any atom is 0.303 e. The zero-order chi connectivity index (χ0) is 40.6. The molecule has 5 heterocycles. The van der Waals surface area contributed by atoms with E-state index in [1.807, 2.05) is 9.80 Å². The predicted octanol–water partition coefficient (Wildman–Crippen LogP) is -1.65. The lowest BCUT2D eigenvalue weighted by Gasteiger charge is -2.37. The van der Waals surface area contributed by atoms with Gasteiger partial charge in [-0.3, -0.25) is 14.4 Å². The maximum absolute atomic E-state index is 13.4. The Morgan fingerprint density at radius 2 is 1.44 bits per heavy atom. The van der Waals surface area contributed by atoms with Crippen LogP contribution in [0.2, 0.25) is 0 Å². The van der Waals surface area contributed by atoms with E-state index in [0.29, 0.717) is 128 Å². The Balaban J connectivity index is 1.17. The molecule has 310 valence electrons. The number of piperazine rings is 2. The molecule has 0 aliphatic carbocycles. The van der Waals surface area contributed by atoms with Crippen LogP contribution in [-0.2, 0) is 48.0 Å². The summed E-state index contributed by atoms with van der Waals surface area (Å²) in [4.78, 5) is 59.3. The number of amides is 2. The molecular formula is C35H52N14O8. The minimum atomic E-state index is -0.926. The van der Waals surface area contributed by atoms with Gasteiger partial charge in [-0.2, -0.15) is 15.0 Å². The number of hydrogen-bond donors (Lipinski definition) is 3. The fraction of sp³-hybridized carbons (Fsp3) is 0.657. The van der Waals surface area contributed by atoms with E-state index < -0.39 is 18.1 Å². The van der Waals surface area contributed by atoms with Crippen LogP contribution in [0.25, 0.3) is 0 Å². The highest BCUT2D eigenvalue weighted by molar-refractivity contribution is 5.80. The first-order valence-electron chi connectivity index (χ1n) is 19.0. The van der Waals surface area contributed by atoms with Gasteiger partial charge in [0.25, 0.3) is 0 Å². The number of rotatable bonds is 22. The number of carboxylic acids is 1. The SMILES string of the molecule is C#CCOCCOCCOCCNc1nc(N2CCN(C(=O)Cn3cc(CC(C)O)nn3)CC2)nc(N2CCN(C(=O)[C@H](C)n3cc(CCC(=O)O)nn3)CC2)n1. The van der Waals surface area contributed by atoms with E-state index in [1.54, 1.807) is 36.0 Å². The summed E-state index contributed by atoms with van der Waals surface area (Å²) in [5.41, 5.74) is 1.13. The second kappa shape index (κ2) is 21.7. The van der Waals surface area contributed by atoms with E-state index in [-0.39, 0.29) is 37.8 Å². The van der Waals surface area contributed by atoms with Crippen LogP contribution in [0.15, 0.2) is 12.4 Å². The molecule has 0 radical (unpaired) electrons. The number of hydrogen-bond acceptors (Lipinski definition) is 17. The summed E-state index contributed by atoms with van der Waals surface area (Å²) in [5.74, 6) is 2.56. The second-order valence-electron chi connectivity index (χ2n) is 13.6. The smallest absolute Gasteiger partial charge is 0.303 e. The zero-order valence-corrected chi connectivity index (χ0v) is 32.5. The summed E-state index contributed by atoms with van der Waals surface area (Å²) in [6.45, 7) is 9.88. The predicted molar refractivity (Wildman–Crippen MR) is 203 cm³/mol. The van der Waals surface area contributed by atoms with Crippen molar-refractivity contribution < 1.29 is 38.8 Å². The van der Waals surface area contributed by atoms with Gasteiger partial charge in [0.15, 0.2) is 0 Å². The average molecular weight is 797 g/mol. The van der Waals surface area contributed by atoms with E-state index >= 15 is 0 Å². The lowest BCUT2D eigenvalue weighted by Crippen LogP contribution is -2.51. The number of carbonyl (C=O) groups excluding carboxylic acids is 2. The van der Waals surface area contributed by atoms with Gasteiger partial charge in [0.2, 0.25) is 29.7 Å². The normalized spacial score (nSPS) is 15.7. The molecule has 22 nitrogen and oxygen atoms in total. The van der Waals surface area contributed by atoms with Crippen molar-refractivity contribution in [2.75, 3.05) is 114 Å². The molecule has 3 aromatic rings. The largest absolute Gasteiger partial charge is 0.481 e. The Morgan fingerprint density at radius 1 is 0.825 bits per heavy atom. The van der Waals surface area contributed by atoms with Gasteiger partial charge in [0.1, 0.15) is 19.2 Å². The summed E-state index contributed by atoms with van der Waals surface area (Å²) in [6, 6.07) is -0.613. The highest BCUT2D eigenvalue weighted by atomic mass is 16.5. The summed E-state index contributed by atoms with van der Waals surface area (Å²) >= 11 is 0. The van der Waals surface area contributed by atoms with Crippen LogP contribution in [0, 0.1) is 12.3 Å². The fourth-order valence-electron chi connectivity index (χ4n) is 6.08. The van der Waals surface area contributed by atoms with Crippen LogP contribution in [-0.4, -0.2) is 187 Å². The molecule has 22 heteroatoms. The molecule has 0 spiro atoms. The van der Waals surface area contributed by atoms with Crippen LogP contribution in [0.1, 0.15) is 37.7 Å². The Kier molecular flexibility index (Phi) is 16.2. The van der Waals surface area contributed by atoms with E-state index in [2.05, 4.69) is 31.9 Å². The van der Waals surface area contributed by atoms with Crippen LogP contribution in [0.4, 0.5) is 17.8 Å². The van der Waals surface area contributed by atoms with Gasteiger partial charge in [0.05, 0.1) is 56.9 Å². The first-order valence-corrected chi connectivity index (χ1v) is 19.0. The fourth-order valence-corrected chi connectivity index (χ4v) is 6.08. The zero-order valence-electron chi connectivity index (χ0n) is 32.5. The van der Waals surface area contributed by atoms with Crippen LogP contribution in [0.3, 0.4) is 0 Å². The topological polar surface area (TPSA) is 244 Å². The number of carboxylic acid groups (broad SMARTS) is 1. The Labute approximate surface area is 330 Å². The monoisotopic (exact) mass is 796 g/mol. The molecule has 2 aliphatic heterocycles. The second-order valence-corrected chi connectivity index (χ2v) is 13.6. The number of aryl methyl sites for hydroxylation is 1. The third-order valence-electron chi connectivity index (χ3n) is 9.15. The Bertz CT molecular complexity index is 1780. The van der Waals surface area contributed by atoms with E-state index in [0.717, 1.165) is 0 Å². The number of ether oxygens (including phenoxy) is 3. The lowest BCUT2D eigenvalue weighted by atomic mass is 10.2. The number of aromatic nitrogens is 9. The molecule has 2 saturated heterocycles. The van der Waals surface area contributed by atoms with Gasteiger partial charge in [-0.05, 0) is 13.8 Å². The third-order valence-corrected chi connectivity index (χ3v) is 9.15. The molecule has 2 fully saturated rings. The summed E-state index contributed by atoms with van der Waals surface area (Å²) in [7, 11) is 0. The number of carbonyl (C=O) groups is 3. The number of terminal acetylenes is 1. The molecule has 1 unspecified atom stereocenters. The molecule has 5 rings (SSSR count). The molecular weight excluding hydrogens is 744 g/mol. The summed E-state index contributed by atoms with van der Waals surface area (Å²) < 4.78 is 19.3. The van der Waals surface area contributed by atoms with Crippen LogP contribution >= 0.6 is 0 Å². The van der Waals surface area contributed by atoms with E-state index in [4.69, 9.17) is 40.7 Å². The molecule has 0 bridgehead atoms. The van der Waals surface area contributed by atoms with Crippen molar-refractivity contribution in [1.82, 2.24) is 54.7 Å². The minimum absolute atomic E-state index is 0.0474. The van der Waals surface area contributed by atoms with Gasteiger partial charge in [0, 0.05) is 84.1 Å². The van der Waals surface area contributed by atoms with Crippen molar-refractivity contribution in [2.24, 2.45) is 0 Å². The standard InChI is InChI=1S/C35H52N14O8/c1-4-16-55-18-20-57-21-19-56-17-7-36-33-37-34(46-12-8-44(9-13-46)30(51)25-48-23-29(41-42-48)22-26(2)50)39-35(38-33)47-14-10-45(11-15-47)32(54)27(3)49-24-28(40-43-49)5-6-31(52)53/h1,23-24,26-27,50H,5-22,25H2,2-3H3,(H,52,53)(H,36,37,38,39)/t26?,27-/m0/s1. The number of aliphatic carboxylic acids is 1. The third kappa shape index (κ3) is 13.3. The number of nitrogens with zero attached hydrogens (tertiary/aromatic N) is 13. The first kappa shape index (κ1) is 42.6. The van der Waals surface area contributed by atoms with Gasteiger partial charge in [-0.1, -0.05) is 16.3 Å². The van der Waals surface area contributed by atoms with E-state index in [1.165, 1.54) is 9.36 Å². The highest BCUT2D eigenvalue weighted by Crippen LogP contribution is 2.21. The average Bonchev–Trinajstić information content (AvgIpc) is 3.87. The molecule has 0 aromatic carbocycles. The minimum Gasteiger partial charge on any atom is -0.481 e. The van der Waals surface area contributed by atoms with Gasteiger partial charge in [-0.15, -0.1) is 16.6 Å². The van der Waals surface area contributed by atoms with Crippen molar-refractivity contribution >= 4 is 35.6 Å². The Morgan fingerprint density at radius 3 is 2.07 bits per heavy atom. The van der Waals surface area contributed by atoms with Crippen LogP contribution in [0.5, 0.6) is 0 Å². The van der Waals surface area contributed by atoms with Gasteiger partial charge in [-0.25, -0.2) is 9.36 Å². The number of nitrogens with one attached hydrogen (secondary N) is 1. The van der Waals surface area contributed by atoms with Crippen molar-refractivity contribution in [3.8, 4) is 12.3 Å².